The first-order valence-corrected chi connectivity index (χ1v) is 5.60. The van der Waals surface area contributed by atoms with Crippen LogP contribution in [0.1, 0.15) is 6.92 Å². The minimum Gasteiger partial charge on any atom is -0.491 e. The second-order valence-electron chi connectivity index (χ2n) is 3.68. The number of ether oxygens (including phenoxy) is 1. The normalized spacial score (nSPS) is 10.1. The molecular formula is C13H14FN3O. The highest BCUT2D eigenvalue weighted by Crippen LogP contribution is 2.23. The van der Waals surface area contributed by atoms with Crippen LogP contribution in [-0.2, 0) is 0 Å². The smallest absolute Gasteiger partial charge is 0.167 e. The lowest BCUT2D eigenvalue weighted by molar-refractivity contribution is 0.321. The van der Waals surface area contributed by atoms with Crippen molar-refractivity contribution in [2.75, 3.05) is 17.7 Å². The number of pyridine rings is 1. The molecule has 1 heterocycles. The first-order chi connectivity index (χ1) is 8.69. The van der Waals surface area contributed by atoms with Gasteiger partial charge in [-0.1, -0.05) is 0 Å². The summed E-state index contributed by atoms with van der Waals surface area (Å²) in [6.07, 6.45) is 1.59. The predicted molar refractivity (Wildman–Crippen MR) is 69.5 cm³/mol. The van der Waals surface area contributed by atoms with E-state index in [4.69, 9.17) is 10.5 Å². The minimum atomic E-state index is -0.411. The molecule has 3 N–H and O–H groups in total. The van der Waals surface area contributed by atoms with E-state index in [2.05, 4.69) is 10.3 Å². The van der Waals surface area contributed by atoms with Gasteiger partial charge in [-0.2, -0.15) is 0 Å². The van der Waals surface area contributed by atoms with E-state index in [1.54, 1.807) is 30.5 Å². The topological polar surface area (TPSA) is 60.2 Å². The summed E-state index contributed by atoms with van der Waals surface area (Å²) in [5.41, 5.74) is 6.82. The number of aromatic nitrogens is 1. The second kappa shape index (κ2) is 5.35. The molecule has 18 heavy (non-hydrogen) atoms. The molecule has 0 aliphatic carbocycles. The SMILES string of the molecule is CCOc1ccc(Nc2cc(N)ccn2)cc1F. The number of nitrogens with one attached hydrogen (secondary N) is 1. The van der Waals surface area contributed by atoms with Crippen molar-refractivity contribution >= 4 is 17.2 Å². The molecule has 0 spiro atoms. The lowest BCUT2D eigenvalue weighted by Gasteiger charge is -2.09. The van der Waals surface area contributed by atoms with E-state index < -0.39 is 5.82 Å². The second-order valence-corrected chi connectivity index (χ2v) is 3.68. The molecule has 0 radical (unpaired) electrons. The lowest BCUT2D eigenvalue weighted by atomic mass is 10.3. The Hall–Kier alpha value is -2.30. The van der Waals surface area contributed by atoms with Crippen LogP contribution in [0.2, 0.25) is 0 Å². The fourth-order valence-electron chi connectivity index (χ4n) is 1.51. The van der Waals surface area contributed by atoms with Gasteiger partial charge in [-0.05, 0) is 25.1 Å². The molecule has 94 valence electrons. The van der Waals surface area contributed by atoms with Crippen molar-refractivity contribution in [3.8, 4) is 5.75 Å². The molecule has 1 aromatic carbocycles. The van der Waals surface area contributed by atoms with Crippen molar-refractivity contribution in [2.24, 2.45) is 0 Å². The van der Waals surface area contributed by atoms with Crippen LogP contribution in [0.4, 0.5) is 21.6 Å². The van der Waals surface area contributed by atoms with E-state index in [1.165, 1.54) is 6.07 Å². The van der Waals surface area contributed by atoms with Gasteiger partial charge in [0.2, 0.25) is 0 Å². The van der Waals surface area contributed by atoms with E-state index in [-0.39, 0.29) is 5.75 Å². The summed E-state index contributed by atoms with van der Waals surface area (Å²) < 4.78 is 18.7. The fourth-order valence-corrected chi connectivity index (χ4v) is 1.51. The van der Waals surface area contributed by atoms with Gasteiger partial charge in [0, 0.05) is 29.7 Å². The number of rotatable bonds is 4. The summed E-state index contributed by atoms with van der Waals surface area (Å²) in [5.74, 6) is 0.396. The predicted octanol–water partition coefficient (Wildman–Crippen LogP) is 2.95. The molecule has 0 amide bonds. The van der Waals surface area contributed by atoms with Gasteiger partial charge < -0.3 is 15.8 Å². The monoisotopic (exact) mass is 247 g/mol. The van der Waals surface area contributed by atoms with Gasteiger partial charge >= 0.3 is 0 Å². The largest absolute Gasteiger partial charge is 0.491 e. The zero-order chi connectivity index (χ0) is 13.0. The van der Waals surface area contributed by atoms with Gasteiger partial charge in [0.25, 0.3) is 0 Å². The number of nitrogens with zero attached hydrogens (tertiary/aromatic N) is 1. The maximum absolute atomic E-state index is 13.6. The molecule has 5 heteroatoms. The summed E-state index contributed by atoms with van der Waals surface area (Å²) in [6, 6.07) is 8.01. The van der Waals surface area contributed by atoms with E-state index >= 15 is 0 Å². The minimum absolute atomic E-state index is 0.239. The summed E-state index contributed by atoms with van der Waals surface area (Å²) in [4.78, 5) is 4.08. The van der Waals surface area contributed by atoms with Crippen LogP contribution in [0.15, 0.2) is 36.5 Å². The third-order valence-electron chi connectivity index (χ3n) is 2.29. The highest BCUT2D eigenvalue weighted by Gasteiger charge is 2.04. The molecule has 0 bridgehead atoms. The Labute approximate surface area is 105 Å². The van der Waals surface area contributed by atoms with Crippen LogP contribution in [0.25, 0.3) is 0 Å². The van der Waals surface area contributed by atoms with Gasteiger partial charge in [-0.25, -0.2) is 9.37 Å². The van der Waals surface area contributed by atoms with E-state index in [9.17, 15) is 4.39 Å². The van der Waals surface area contributed by atoms with Gasteiger partial charge in [0.15, 0.2) is 11.6 Å². The molecule has 2 rings (SSSR count). The zero-order valence-corrected chi connectivity index (χ0v) is 9.98. The molecule has 0 aliphatic rings. The Kier molecular flexibility index (Phi) is 3.62. The maximum Gasteiger partial charge on any atom is 0.167 e. The van der Waals surface area contributed by atoms with Crippen molar-refractivity contribution in [2.45, 2.75) is 6.92 Å². The van der Waals surface area contributed by atoms with Crippen LogP contribution < -0.4 is 15.8 Å². The first-order valence-electron chi connectivity index (χ1n) is 5.60. The number of anilines is 3. The summed E-state index contributed by atoms with van der Waals surface area (Å²) in [5, 5.41) is 2.97. The highest BCUT2D eigenvalue weighted by atomic mass is 19.1. The summed E-state index contributed by atoms with van der Waals surface area (Å²) in [6.45, 7) is 2.24. The van der Waals surface area contributed by atoms with E-state index in [0.717, 1.165) is 0 Å². The average molecular weight is 247 g/mol. The Balaban J connectivity index is 2.17. The highest BCUT2D eigenvalue weighted by molar-refractivity contribution is 5.60. The van der Waals surface area contributed by atoms with Crippen molar-refractivity contribution in [1.29, 1.82) is 0 Å². The van der Waals surface area contributed by atoms with Crippen LogP contribution >= 0.6 is 0 Å². The number of hydrogen-bond acceptors (Lipinski definition) is 4. The van der Waals surface area contributed by atoms with Gasteiger partial charge in [0.1, 0.15) is 5.82 Å². The maximum atomic E-state index is 13.6. The van der Waals surface area contributed by atoms with Crippen molar-refractivity contribution in [3.05, 3.63) is 42.3 Å². The van der Waals surface area contributed by atoms with E-state index in [1.807, 2.05) is 6.92 Å². The van der Waals surface area contributed by atoms with Gasteiger partial charge in [-0.3, -0.25) is 0 Å². The van der Waals surface area contributed by atoms with Crippen molar-refractivity contribution in [3.63, 3.8) is 0 Å². The molecule has 2 aromatic rings. The molecule has 0 aliphatic heterocycles. The van der Waals surface area contributed by atoms with Crippen molar-refractivity contribution in [1.82, 2.24) is 4.98 Å². The number of hydrogen-bond donors (Lipinski definition) is 2. The Morgan fingerprint density at radius 2 is 2.17 bits per heavy atom. The number of nitrogens with two attached hydrogens (primary N) is 1. The van der Waals surface area contributed by atoms with E-state index in [0.29, 0.717) is 23.8 Å². The summed E-state index contributed by atoms with van der Waals surface area (Å²) >= 11 is 0. The number of nitrogen functional groups attached to an aromatic ring is 1. The molecule has 0 atom stereocenters. The Bertz CT molecular complexity index is 546. The average Bonchev–Trinajstić information content (AvgIpc) is 2.33. The zero-order valence-electron chi connectivity index (χ0n) is 9.98. The third-order valence-corrected chi connectivity index (χ3v) is 2.29. The first kappa shape index (κ1) is 12.2. The molecule has 4 nitrogen and oxygen atoms in total. The van der Waals surface area contributed by atoms with Crippen LogP contribution in [-0.4, -0.2) is 11.6 Å². The number of benzene rings is 1. The molecule has 1 aromatic heterocycles. The molecule has 0 saturated heterocycles. The fraction of sp³-hybridized carbons (Fsp3) is 0.154. The van der Waals surface area contributed by atoms with Gasteiger partial charge in [0.05, 0.1) is 6.61 Å². The molecule has 0 fully saturated rings. The molecule has 0 unspecified atom stereocenters. The van der Waals surface area contributed by atoms with Crippen LogP contribution in [0.5, 0.6) is 5.75 Å². The summed E-state index contributed by atoms with van der Waals surface area (Å²) in [7, 11) is 0. The standard InChI is InChI=1S/C13H14FN3O/c1-2-18-12-4-3-10(8-11(12)14)17-13-7-9(15)5-6-16-13/h3-8H,2H2,1H3,(H3,15,16,17). The molecular weight excluding hydrogens is 233 g/mol. The van der Waals surface area contributed by atoms with Crippen molar-refractivity contribution < 1.29 is 9.13 Å². The third kappa shape index (κ3) is 2.88. The Morgan fingerprint density at radius 1 is 1.33 bits per heavy atom. The van der Waals surface area contributed by atoms with Gasteiger partial charge in [-0.15, -0.1) is 0 Å². The quantitative estimate of drug-likeness (QED) is 0.872. The molecule has 0 saturated carbocycles. The van der Waals surface area contributed by atoms with Crippen LogP contribution in [0, 0.1) is 5.82 Å². The lowest BCUT2D eigenvalue weighted by Crippen LogP contribution is -1.98. The van der Waals surface area contributed by atoms with Crippen LogP contribution in [0.3, 0.4) is 0 Å². The Morgan fingerprint density at radius 3 is 2.83 bits per heavy atom. The number of halogens is 1.